The summed E-state index contributed by atoms with van der Waals surface area (Å²) in [5.41, 5.74) is 2.65. The third-order valence-electron chi connectivity index (χ3n) is 3.65. The molecule has 0 saturated carbocycles. The molecule has 0 N–H and O–H groups in total. The molecule has 3 aromatic rings. The number of rotatable bonds is 6. The number of carbonyl (C=O) groups is 1. The first kappa shape index (κ1) is 15.1. The van der Waals surface area contributed by atoms with Gasteiger partial charge in [0.05, 0.1) is 5.69 Å². The number of halogens is 1. The van der Waals surface area contributed by atoms with E-state index < -0.39 is 0 Å². The number of benzene rings is 2. The van der Waals surface area contributed by atoms with Crippen LogP contribution in [-0.4, -0.2) is 21.3 Å². The number of hydrogen-bond acceptors (Lipinski definition) is 3. The van der Waals surface area contributed by atoms with Crippen LogP contribution >= 0.6 is 0 Å². The average molecular weight is 309 g/mol. The van der Waals surface area contributed by atoms with E-state index in [1.54, 1.807) is 16.8 Å². The zero-order valence-electron chi connectivity index (χ0n) is 12.5. The van der Waals surface area contributed by atoms with Crippen LogP contribution in [-0.2, 0) is 13.0 Å². The normalized spacial score (nSPS) is 10.7. The van der Waals surface area contributed by atoms with Crippen molar-refractivity contribution in [3.05, 3.63) is 71.7 Å². The molecule has 1 heterocycles. The van der Waals surface area contributed by atoms with Crippen LogP contribution < -0.4 is 0 Å². The van der Waals surface area contributed by atoms with E-state index >= 15 is 0 Å². The van der Waals surface area contributed by atoms with Gasteiger partial charge in [0.2, 0.25) is 0 Å². The maximum Gasteiger partial charge on any atom is 0.172 e. The largest absolute Gasteiger partial charge is 0.296 e. The van der Waals surface area contributed by atoms with E-state index in [1.807, 2.05) is 18.2 Å². The van der Waals surface area contributed by atoms with Crippen LogP contribution in [0.25, 0.3) is 11.3 Å². The summed E-state index contributed by atoms with van der Waals surface area (Å²) in [6.45, 7) is 0.613. The minimum atomic E-state index is -0.351. The summed E-state index contributed by atoms with van der Waals surface area (Å²) in [5.74, 6) is -0.351. The summed E-state index contributed by atoms with van der Waals surface area (Å²) in [6.07, 6.45) is 2.41. The lowest BCUT2D eigenvalue weighted by Gasteiger charge is -2.07. The van der Waals surface area contributed by atoms with Gasteiger partial charge in [-0.3, -0.25) is 4.79 Å². The third-order valence-corrected chi connectivity index (χ3v) is 3.65. The fourth-order valence-corrected chi connectivity index (χ4v) is 2.57. The minimum Gasteiger partial charge on any atom is -0.296 e. The van der Waals surface area contributed by atoms with Crippen molar-refractivity contribution in [2.75, 3.05) is 0 Å². The number of aldehydes is 1. The number of aryl methyl sites for hydroxylation is 2. The zero-order chi connectivity index (χ0) is 16.1. The van der Waals surface area contributed by atoms with Crippen LogP contribution in [0.15, 0.2) is 54.6 Å². The lowest BCUT2D eigenvalue weighted by Crippen LogP contribution is -2.04. The Kier molecular flexibility index (Phi) is 4.57. The second-order valence-corrected chi connectivity index (χ2v) is 5.26. The SMILES string of the molecule is O=Cc1nnn(CCCc2ccccc2)c1-c1cccc(F)c1. The number of aromatic nitrogens is 3. The van der Waals surface area contributed by atoms with E-state index in [1.165, 1.54) is 17.7 Å². The minimum absolute atomic E-state index is 0.232. The van der Waals surface area contributed by atoms with Crippen molar-refractivity contribution in [1.82, 2.24) is 15.0 Å². The van der Waals surface area contributed by atoms with Gasteiger partial charge in [0.25, 0.3) is 0 Å². The van der Waals surface area contributed by atoms with E-state index in [4.69, 9.17) is 0 Å². The zero-order valence-corrected chi connectivity index (χ0v) is 12.5. The van der Waals surface area contributed by atoms with Gasteiger partial charge in [0.15, 0.2) is 12.0 Å². The van der Waals surface area contributed by atoms with Crippen LogP contribution in [0.1, 0.15) is 22.5 Å². The van der Waals surface area contributed by atoms with Crippen molar-refractivity contribution in [3.63, 3.8) is 0 Å². The molecule has 0 saturated heterocycles. The van der Waals surface area contributed by atoms with Crippen molar-refractivity contribution in [3.8, 4) is 11.3 Å². The molecule has 23 heavy (non-hydrogen) atoms. The van der Waals surface area contributed by atoms with Gasteiger partial charge in [0, 0.05) is 12.1 Å². The Balaban J connectivity index is 1.80. The lowest BCUT2D eigenvalue weighted by molar-refractivity contribution is 0.111. The number of carbonyl (C=O) groups excluding carboxylic acids is 1. The second kappa shape index (κ2) is 6.96. The highest BCUT2D eigenvalue weighted by Crippen LogP contribution is 2.22. The first-order chi connectivity index (χ1) is 11.3. The molecule has 2 aromatic carbocycles. The summed E-state index contributed by atoms with van der Waals surface area (Å²) in [4.78, 5) is 11.2. The quantitative estimate of drug-likeness (QED) is 0.654. The van der Waals surface area contributed by atoms with Gasteiger partial charge < -0.3 is 0 Å². The molecule has 0 spiro atoms. The van der Waals surface area contributed by atoms with Gasteiger partial charge in [-0.2, -0.15) is 0 Å². The van der Waals surface area contributed by atoms with Crippen LogP contribution in [0.4, 0.5) is 4.39 Å². The third kappa shape index (κ3) is 3.51. The van der Waals surface area contributed by atoms with Crippen molar-refractivity contribution < 1.29 is 9.18 Å². The number of hydrogen-bond donors (Lipinski definition) is 0. The Hall–Kier alpha value is -2.82. The second-order valence-electron chi connectivity index (χ2n) is 5.26. The van der Waals surface area contributed by atoms with E-state index in [9.17, 15) is 9.18 Å². The highest BCUT2D eigenvalue weighted by Gasteiger charge is 2.14. The average Bonchev–Trinajstić information content (AvgIpc) is 2.99. The van der Waals surface area contributed by atoms with E-state index in [0.29, 0.717) is 24.1 Å². The molecule has 0 fully saturated rings. The molecule has 0 aliphatic carbocycles. The highest BCUT2D eigenvalue weighted by atomic mass is 19.1. The first-order valence-electron chi connectivity index (χ1n) is 7.46. The lowest BCUT2D eigenvalue weighted by atomic mass is 10.1. The van der Waals surface area contributed by atoms with Crippen LogP contribution in [0.2, 0.25) is 0 Å². The topological polar surface area (TPSA) is 47.8 Å². The molecule has 0 atom stereocenters. The standard InChI is InChI=1S/C18H16FN3O/c19-16-10-4-9-15(12-16)18-17(13-23)20-21-22(18)11-5-8-14-6-2-1-3-7-14/h1-4,6-7,9-10,12-13H,5,8,11H2. The van der Waals surface area contributed by atoms with Crippen LogP contribution in [0, 0.1) is 5.82 Å². The van der Waals surface area contributed by atoms with E-state index in [2.05, 4.69) is 22.4 Å². The number of nitrogens with zero attached hydrogens (tertiary/aromatic N) is 3. The predicted octanol–water partition coefficient (Wildman–Crippen LogP) is 3.53. The smallest absolute Gasteiger partial charge is 0.172 e. The Morgan fingerprint density at radius 2 is 1.91 bits per heavy atom. The summed E-state index contributed by atoms with van der Waals surface area (Å²) >= 11 is 0. The Labute approximate surface area is 133 Å². The van der Waals surface area contributed by atoms with Gasteiger partial charge >= 0.3 is 0 Å². The van der Waals surface area contributed by atoms with Crippen LogP contribution in [0.5, 0.6) is 0 Å². The summed E-state index contributed by atoms with van der Waals surface area (Å²) in [7, 11) is 0. The predicted molar refractivity (Wildman–Crippen MR) is 85.6 cm³/mol. The summed E-state index contributed by atoms with van der Waals surface area (Å²) in [5, 5.41) is 7.93. The Morgan fingerprint density at radius 3 is 2.65 bits per heavy atom. The van der Waals surface area contributed by atoms with Crippen molar-refractivity contribution in [2.24, 2.45) is 0 Å². The van der Waals surface area contributed by atoms with Crippen molar-refractivity contribution in [2.45, 2.75) is 19.4 Å². The Morgan fingerprint density at radius 1 is 1.09 bits per heavy atom. The molecule has 0 aliphatic rings. The molecule has 0 aliphatic heterocycles. The van der Waals surface area contributed by atoms with Gasteiger partial charge in [-0.1, -0.05) is 47.7 Å². The van der Waals surface area contributed by atoms with Gasteiger partial charge in [0.1, 0.15) is 5.82 Å². The van der Waals surface area contributed by atoms with Crippen molar-refractivity contribution in [1.29, 1.82) is 0 Å². The molecular weight excluding hydrogens is 293 g/mol. The summed E-state index contributed by atoms with van der Waals surface area (Å²) in [6, 6.07) is 16.3. The van der Waals surface area contributed by atoms with Gasteiger partial charge in [-0.05, 0) is 30.5 Å². The molecule has 0 amide bonds. The Bertz CT molecular complexity index is 799. The molecular formula is C18H16FN3O. The van der Waals surface area contributed by atoms with E-state index in [0.717, 1.165) is 12.8 Å². The van der Waals surface area contributed by atoms with Crippen molar-refractivity contribution >= 4 is 6.29 Å². The molecule has 5 heteroatoms. The van der Waals surface area contributed by atoms with E-state index in [-0.39, 0.29) is 11.5 Å². The molecule has 0 bridgehead atoms. The van der Waals surface area contributed by atoms with Gasteiger partial charge in [-0.25, -0.2) is 9.07 Å². The molecule has 0 radical (unpaired) electrons. The summed E-state index contributed by atoms with van der Waals surface area (Å²) < 4.78 is 15.1. The van der Waals surface area contributed by atoms with Crippen LogP contribution in [0.3, 0.4) is 0 Å². The molecule has 3 rings (SSSR count). The maximum atomic E-state index is 13.5. The first-order valence-corrected chi connectivity index (χ1v) is 7.46. The highest BCUT2D eigenvalue weighted by molar-refractivity contribution is 5.83. The van der Waals surface area contributed by atoms with Gasteiger partial charge in [-0.15, -0.1) is 5.10 Å². The molecule has 116 valence electrons. The maximum absolute atomic E-state index is 13.5. The monoisotopic (exact) mass is 309 g/mol. The molecule has 4 nitrogen and oxygen atoms in total. The fraction of sp³-hybridized carbons (Fsp3) is 0.167. The molecule has 1 aromatic heterocycles. The fourth-order valence-electron chi connectivity index (χ4n) is 2.57. The molecule has 0 unspecified atom stereocenters.